The Morgan fingerprint density at radius 3 is 2.29 bits per heavy atom. The molecule has 0 aromatic rings. The normalized spacial score (nSPS) is 10.1. The lowest BCUT2D eigenvalue weighted by atomic mass is 10.3. The monoisotopic (exact) mass is 200 g/mol. The van der Waals surface area contributed by atoms with Crippen LogP contribution < -0.4 is 10.6 Å². The van der Waals surface area contributed by atoms with Crippen molar-refractivity contribution in [3.63, 3.8) is 0 Å². The highest BCUT2D eigenvalue weighted by atomic mass is 16.1. The molecule has 0 aromatic carbocycles. The zero-order valence-corrected chi connectivity index (χ0v) is 9.57. The topological polar surface area (TPSA) is 41.1 Å². The van der Waals surface area contributed by atoms with Crippen molar-refractivity contribution in [2.24, 2.45) is 0 Å². The maximum absolute atomic E-state index is 11.2. The van der Waals surface area contributed by atoms with Crippen molar-refractivity contribution in [1.29, 1.82) is 0 Å². The molecule has 0 atom stereocenters. The minimum absolute atomic E-state index is 0.169. The quantitative estimate of drug-likeness (QED) is 0.556. The number of rotatable bonds is 9. The molecule has 0 fully saturated rings. The van der Waals surface area contributed by atoms with E-state index in [1.165, 1.54) is 12.8 Å². The largest absolute Gasteiger partial charge is 0.356 e. The van der Waals surface area contributed by atoms with Crippen LogP contribution in [0.3, 0.4) is 0 Å². The molecule has 0 aliphatic rings. The summed E-state index contributed by atoms with van der Waals surface area (Å²) in [7, 11) is 0. The molecule has 0 aliphatic carbocycles. The summed E-state index contributed by atoms with van der Waals surface area (Å²) in [5.74, 6) is 0.169. The average molecular weight is 200 g/mol. The lowest BCUT2D eigenvalue weighted by molar-refractivity contribution is -0.120. The molecule has 14 heavy (non-hydrogen) atoms. The van der Waals surface area contributed by atoms with Gasteiger partial charge in [-0.2, -0.15) is 0 Å². The molecule has 3 nitrogen and oxygen atoms in total. The van der Waals surface area contributed by atoms with Crippen LogP contribution in [0.15, 0.2) is 0 Å². The predicted octanol–water partition coefficient (Wildman–Crippen LogP) is 1.68. The zero-order chi connectivity index (χ0) is 10.6. The second-order valence-corrected chi connectivity index (χ2v) is 3.56. The van der Waals surface area contributed by atoms with Gasteiger partial charge in [0, 0.05) is 19.5 Å². The predicted molar refractivity (Wildman–Crippen MR) is 60.3 cm³/mol. The lowest BCUT2D eigenvalue weighted by Gasteiger charge is -2.05. The Labute approximate surface area is 87.6 Å². The number of nitrogens with one attached hydrogen (secondary N) is 2. The van der Waals surface area contributed by atoms with Crippen molar-refractivity contribution in [2.75, 3.05) is 19.6 Å². The molecule has 0 bridgehead atoms. The van der Waals surface area contributed by atoms with Crippen LogP contribution in [-0.2, 0) is 4.79 Å². The van der Waals surface area contributed by atoms with Gasteiger partial charge in [0.25, 0.3) is 0 Å². The molecular weight excluding hydrogens is 176 g/mol. The van der Waals surface area contributed by atoms with Gasteiger partial charge in [-0.25, -0.2) is 0 Å². The molecule has 0 aliphatic heterocycles. The summed E-state index contributed by atoms with van der Waals surface area (Å²) >= 11 is 0. The maximum atomic E-state index is 11.2. The molecule has 0 saturated heterocycles. The van der Waals surface area contributed by atoms with Gasteiger partial charge >= 0.3 is 0 Å². The highest BCUT2D eigenvalue weighted by molar-refractivity contribution is 5.75. The fourth-order valence-corrected chi connectivity index (χ4v) is 1.12. The van der Waals surface area contributed by atoms with Crippen molar-refractivity contribution < 1.29 is 4.79 Å². The Balaban J connectivity index is 3.10. The van der Waals surface area contributed by atoms with Crippen LogP contribution in [0.5, 0.6) is 0 Å². The number of carbonyl (C=O) groups excluding carboxylic acids is 1. The van der Waals surface area contributed by atoms with E-state index in [2.05, 4.69) is 24.5 Å². The molecule has 0 radical (unpaired) electrons. The first-order valence-corrected chi connectivity index (χ1v) is 5.78. The molecule has 2 N–H and O–H groups in total. The molecule has 0 spiro atoms. The number of hydrogen-bond donors (Lipinski definition) is 2. The molecule has 0 saturated carbocycles. The zero-order valence-electron chi connectivity index (χ0n) is 9.57. The molecule has 0 unspecified atom stereocenters. The fourth-order valence-electron chi connectivity index (χ4n) is 1.12. The Morgan fingerprint density at radius 2 is 1.64 bits per heavy atom. The summed E-state index contributed by atoms with van der Waals surface area (Å²) in [5, 5.41) is 6.14. The number of hydrogen-bond acceptors (Lipinski definition) is 2. The SMILES string of the molecule is CCCCNCCC(=O)NCCCC. The summed E-state index contributed by atoms with van der Waals surface area (Å²) < 4.78 is 0. The Bertz CT molecular complexity index is 137. The summed E-state index contributed by atoms with van der Waals surface area (Å²) in [6.07, 6.45) is 5.21. The number of unbranched alkanes of at least 4 members (excludes halogenated alkanes) is 2. The third-order valence-electron chi connectivity index (χ3n) is 2.09. The van der Waals surface area contributed by atoms with E-state index in [1.54, 1.807) is 0 Å². The van der Waals surface area contributed by atoms with Crippen LogP contribution in [0, 0.1) is 0 Å². The standard InChI is InChI=1S/C11H24N2O/c1-3-5-8-12-10-7-11(14)13-9-6-4-2/h12H,3-10H2,1-2H3,(H,13,14). The van der Waals surface area contributed by atoms with E-state index in [-0.39, 0.29) is 5.91 Å². The van der Waals surface area contributed by atoms with Gasteiger partial charge in [0.2, 0.25) is 5.91 Å². The minimum Gasteiger partial charge on any atom is -0.356 e. The van der Waals surface area contributed by atoms with Gasteiger partial charge in [0.05, 0.1) is 0 Å². The second kappa shape index (κ2) is 10.5. The molecule has 0 heterocycles. The van der Waals surface area contributed by atoms with E-state index in [4.69, 9.17) is 0 Å². The first-order chi connectivity index (χ1) is 6.81. The Hall–Kier alpha value is -0.570. The lowest BCUT2D eigenvalue weighted by Crippen LogP contribution is -2.28. The van der Waals surface area contributed by atoms with Crippen LogP contribution in [0.25, 0.3) is 0 Å². The summed E-state index contributed by atoms with van der Waals surface area (Å²) in [6.45, 7) is 6.94. The number of carbonyl (C=O) groups is 1. The van der Waals surface area contributed by atoms with Crippen molar-refractivity contribution >= 4 is 5.91 Å². The van der Waals surface area contributed by atoms with Crippen LogP contribution in [0.1, 0.15) is 46.0 Å². The number of amides is 1. The van der Waals surface area contributed by atoms with Crippen molar-refractivity contribution in [3.8, 4) is 0 Å². The molecule has 1 amide bonds. The fraction of sp³-hybridized carbons (Fsp3) is 0.909. The Kier molecular flexibility index (Phi) is 10.1. The van der Waals surface area contributed by atoms with Crippen molar-refractivity contribution in [3.05, 3.63) is 0 Å². The Morgan fingerprint density at radius 1 is 1.00 bits per heavy atom. The summed E-state index contributed by atoms with van der Waals surface area (Å²) in [4.78, 5) is 11.2. The van der Waals surface area contributed by atoms with E-state index >= 15 is 0 Å². The van der Waals surface area contributed by atoms with Gasteiger partial charge < -0.3 is 10.6 Å². The van der Waals surface area contributed by atoms with E-state index in [0.29, 0.717) is 6.42 Å². The molecule has 84 valence electrons. The summed E-state index contributed by atoms with van der Waals surface area (Å²) in [6, 6.07) is 0. The first-order valence-electron chi connectivity index (χ1n) is 5.78. The first kappa shape index (κ1) is 13.4. The average Bonchev–Trinajstić information content (AvgIpc) is 2.18. The molecule has 3 heteroatoms. The third kappa shape index (κ3) is 9.52. The van der Waals surface area contributed by atoms with Crippen LogP contribution in [0.4, 0.5) is 0 Å². The van der Waals surface area contributed by atoms with Gasteiger partial charge in [-0.1, -0.05) is 26.7 Å². The van der Waals surface area contributed by atoms with Crippen LogP contribution in [-0.4, -0.2) is 25.5 Å². The molecule has 0 rings (SSSR count). The van der Waals surface area contributed by atoms with Crippen LogP contribution >= 0.6 is 0 Å². The highest BCUT2D eigenvalue weighted by Crippen LogP contribution is 1.85. The van der Waals surface area contributed by atoms with E-state index in [9.17, 15) is 4.79 Å². The van der Waals surface area contributed by atoms with Crippen LogP contribution in [0.2, 0.25) is 0 Å². The van der Waals surface area contributed by atoms with Gasteiger partial charge in [-0.05, 0) is 19.4 Å². The van der Waals surface area contributed by atoms with E-state index in [1.807, 2.05) is 0 Å². The van der Waals surface area contributed by atoms with Gasteiger partial charge in [0.15, 0.2) is 0 Å². The minimum atomic E-state index is 0.169. The van der Waals surface area contributed by atoms with Gasteiger partial charge in [-0.3, -0.25) is 4.79 Å². The molecule has 0 aromatic heterocycles. The second-order valence-electron chi connectivity index (χ2n) is 3.56. The van der Waals surface area contributed by atoms with E-state index in [0.717, 1.165) is 32.5 Å². The van der Waals surface area contributed by atoms with Gasteiger partial charge in [-0.15, -0.1) is 0 Å². The van der Waals surface area contributed by atoms with Gasteiger partial charge in [0.1, 0.15) is 0 Å². The van der Waals surface area contributed by atoms with Crippen molar-refractivity contribution in [1.82, 2.24) is 10.6 Å². The smallest absolute Gasteiger partial charge is 0.221 e. The third-order valence-corrected chi connectivity index (χ3v) is 2.09. The van der Waals surface area contributed by atoms with E-state index < -0.39 is 0 Å². The summed E-state index contributed by atoms with van der Waals surface area (Å²) in [5.41, 5.74) is 0. The highest BCUT2D eigenvalue weighted by Gasteiger charge is 1.98. The maximum Gasteiger partial charge on any atom is 0.221 e. The van der Waals surface area contributed by atoms with Crippen molar-refractivity contribution in [2.45, 2.75) is 46.0 Å². The molecular formula is C11H24N2O.